The van der Waals surface area contributed by atoms with Crippen LogP contribution in [-0.4, -0.2) is 4.98 Å². The van der Waals surface area contributed by atoms with E-state index < -0.39 is 5.95 Å². The van der Waals surface area contributed by atoms with Gasteiger partial charge in [0.1, 0.15) is 0 Å². The molecule has 0 saturated heterocycles. The van der Waals surface area contributed by atoms with E-state index in [1.807, 2.05) is 6.92 Å². The maximum absolute atomic E-state index is 12.7. The summed E-state index contributed by atoms with van der Waals surface area (Å²) in [5, 5.41) is 0. The highest BCUT2D eigenvalue weighted by atomic mass is 19.1. The van der Waals surface area contributed by atoms with E-state index in [9.17, 15) is 4.39 Å². The van der Waals surface area contributed by atoms with E-state index in [1.54, 1.807) is 6.07 Å². The van der Waals surface area contributed by atoms with Gasteiger partial charge < -0.3 is 0 Å². The van der Waals surface area contributed by atoms with Gasteiger partial charge in [-0.2, -0.15) is 4.39 Å². The molecule has 0 aliphatic heterocycles. The molecule has 10 heavy (non-hydrogen) atoms. The molecule has 0 atom stereocenters. The highest BCUT2D eigenvalue weighted by molar-refractivity contribution is 5.50. The van der Waals surface area contributed by atoms with Crippen LogP contribution in [0.3, 0.4) is 0 Å². The maximum Gasteiger partial charge on any atom is 0.220 e. The standard InChI is InChI=1S/C8H8FN/c1-3-7-6(2)4-5-10-8(7)9/h3-5H,1H2,2H3. The lowest BCUT2D eigenvalue weighted by atomic mass is 10.1. The third kappa shape index (κ3) is 1.05. The largest absolute Gasteiger partial charge is 0.228 e. The first-order valence-corrected chi connectivity index (χ1v) is 2.99. The van der Waals surface area contributed by atoms with Crippen molar-refractivity contribution >= 4 is 6.08 Å². The Balaban J connectivity index is 3.30. The molecule has 2 heteroatoms. The van der Waals surface area contributed by atoms with Gasteiger partial charge in [0, 0.05) is 11.8 Å². The fourth-order valence-corrected chi connectivity index (χ4v) is 0.782. The zero-order valence-corrected chi connectivity index (χ0v) is 5.76. The summed E-state index contributed by atoms with van der Waals surface area (Å²) in [4.78, 5) is 3.47. The van der Waals surface area contributed by atoms with Gasteiger partial charge in [0.05, 0.1) is 0 Å². The number of halogens is 1. The number of aryl methyl sites for hydroxylation is 1. The van der Waals surface area contributed by atoms with Crippen LogP contribution < -0.4 is 0 Å². The highest BCUT2D eigenvalue weighted by Gasteiger charge is 1.99. The van der Waals surface area contributed by atoms with Crippen LogP contribution in [0.25, 0.3) is 6.08 Å². The minimum absolute atomic E-state index is 0.449. The molecule has 0 amide bonds. The minimum Gasteiger partial charge on any atom is -0.228 e. The van der Waals surface area contributed by atoms with Crippen molar-refractivity contribution < 1.29 is 4.39 Å². The number of aromatic nitrogens is 1. The quantitative estimate of drug-likeness (QED) is 0.540. The van der Waals surface area contributed by atoms with Gasteiger partial charge in [-0.3, -0.25) is 0 Å². The van der Waals surface area contributed by atoms with Crippen LogP contribution in [0.1, 0.15) is 11.1 Å². The third-order valence-electron chi connectivity index (χ3n) is 1.36. The van der Waals surface area contributed by atoms with Crippen molar-refractivity contribution in [3.63, 3.8) is 0 Å². The molecule has 52 valence electrons. The fourth-order valence-electron chi connectivity index (χ4n) is 0.782. The molecule has 0 fully saturated rings. The van der Waals surface area contributed by atoms with Crippen molar-refractivity contribution in [2.24, 2.45) is 0 Å². The maximum atomic E-state index is 12.7. The van der Waals surface area contributed by atoms with Crippen LogP contribution in [0.2, 0.25) is 0 Å². The molecule has 0 unspecified atom stereocenters. The van der Waals surface area contributed by atoms with Crippen molar-refractivity contribution in [2.45, 2.75) is 6.92 Å². The second kappa shape index (κ2) is 2.60. The topological polar surface area (TPSA) is 12.9 Å². The lowest BCUT2D eigenvalue weighted by Crippen LogP contribution is -1.89. The van der Waals surface area contributed by atoms with Crippen LogP contribution in [0, 0.1) is 12.9 Å². The summed E-state index contributed by atoms with van der Waals surface area (Å²) in [7, 11) is 0. The Bertz CT molecular complexity index is 235. The second-order valence-corrected chi connectivity index (χ2v) is 2.04. The second-order valence-electron chi connectivity index (χ2n) is 2.04. The summed E-state index contributed by atoms with van der Waals surface area (Å²) in [6, 6.07) is 1.75. The molecule has 0 aliphatic rings. The van der Waals surface area contributed by atoms with Gasteiger partial charge in [-0.1, -0.05) is 12.7 Å². The van der Waals surface area contributed by atoms with Gasteiger partial charge in [0.15, 0.2) is 0 Å². The molecule has 0 radical (unpaired) electrons. The number of hydrogen-bond donors (Lipinski definition) is 0. The van der Waals surface area contributed by atoms with Crippen LogP contribution in [-0.2, 0) is 0 Å². The Hall–Kier alpha value is -1.18. The van der Waals surface area contributed by atoms with Crippen molar-refractivity contribution in [2.75, 3.05) is 0 Å². The van der Waals surface area contributed by atoms with E-state index in [1.165, 1.54) is 12.3 Å². The Labute approximate surface area is 59.2 Å². The molecule has 1 aromatic heterocycles. The van der Waals surface area contributed by atoms with Gasteiger partial charge in [-0.15, -0.1) is 0 Å². The lowest BCUT2D eigenvalue weighted by molar-refractivity contribution is 0.579. The van der Waals surface area contributed by atoms with Crippen LogP contribution in [0.4, 0.5) is 4.39 Å². The molecular formula is C8H8FN. The van der Waals surface area contributed by atoms with Crippen molar-refractivity contribution in [3.05, 3.63) is 35.9 Å². The fraction of sp³-hybridized carbons (Fsp3) is 0.125. The minimum atomic E-state index is -0.449. The van der Waals surface area contributed by atoms with E-state index >= 15 is 0 Å². The molecule has 0 N–H and O–H groups in total. The summed E-state index contributed by atoms with van der Waals surface area (Å²) < 4.78 is 12.7. The molecule has 0 bridgehead atoms. The summed E-state index contributed by atoms with van der Waals surface area (Å²) in [6.07, 6.45) is 2.91. The van der Waals surface area contributed by atoms with Gasteiger partial charge in [-0.25, -0.2) is 4.98 Å². The van der Waals surface area contributed by atoms with E-state index in [-0.39, 0.29) is 0 Å². The van der Waals surface area contributed by atoms with Crippen molar-refractivity contribution in [1.29, 1.82) is 0 Å². The van der Waals surface area contributed by atoms with Crippen molar-refractivity contribution in [3.8, 4) is 0 Å². The summed E-state index contributed by atoms with van der Waals surface area (Å²) in [5.41, 5.74) is 1.35. The first-order chi connectivity index (χ1) is 4.75. The molecule has 1 rings (SSSR count). The lowest BCUT2D eigenvalue weighted by Gasteiger charge is -1.97. The molecule has 0 aliphatic carbocycles. The normalized spacial score (nSPS) is 9.40. The van der Waals surface area contributed by atoms with E-state index in [0.717, 1.165) is 5.56 Å². The van der Waals surface area contributed by atoms with Gasteiger partial charge in [0.2, 0.25) is 5.95 Å². The predicted molar refractivity (Wildman–Crippen MR) is 39.0 cm³/mol. The Morgan fingerprint density at radius 2 is 2.40 bits per heavy atom. The van der Waals surface area contributed by atoms with Gasteiger partial charge >= 0.3 is 0 Å². The molecule has 0 aromatic carbocycles. The first-order valence-electron chi connectivity index (χ1n) is 2.99. The predicted octanol–water partition coefficient (Wildman–Crippen LogP) is 2.17. The third-order valence-corrected chi connectivity index (χ3v) is 1.36. The highest BCUT2D eigenvalue weighted by Crippen LogP contribution is 2.10. The van der Waals surface area contributed by atoms with E-state index in [0.29, 0.717) is 5.56 Å². The number of rotatable bonds is 1. The van der Waals surface area contributed by atoms with Crippen LogP contribution in [0.5, 0.6) is 0 Å². The number of hydrogen-bond acceptors (Lipinski definition) is 1. The van der Waals surface area contributed by atoms with E-state index in [4.69, 9.17) is 0 Å². The van der Waals surface area contributed by atoms with Gasteiger partial charge in [0.25, 0.3) is 0 Å². The Morgan fingerprint density at radius 3 is 2.80 bits per heavy atom. The summed E-state index contributed by atoms with van der Waals surface area (Å²) >= 11 is 0. The van der Waals surface area contributed by atoms with Crippen LogP contribution >= 0.6 is 0 Å². The molecule has 0 saturated carbocycles. The Kier molecular flexibility index (Phi) is 1.81. The molecule has 0 spiro atoms. The summed E-state index contributed by atoms with van der Waals surface area (Å²) in [6.45, 7) is 5.29. The molecular weight excluding hydrogens is 129 g/mol. The monoisotopic (exact) mass is 137 g/mol. The van der Waals surface area contributed by atoms with E-state index in [2.05, 4.69) is 11.6 Å². The van der Waals surface area contributed by atoms with Crippen LogP contribution in [0.15, 0.2) is 18.8 Å². The molecule has 1 nitrogen and oxygen atoms in total. The molecule has 1 heterocycles. The average Bonchev–Trinajstić information content (AvgIpc) is 1.88. The first kappa shape index (κ1) is 6.93. The number of nitrogens with zero attached hydrogens (tertiary/aromatic N) is 1. The summed E-state index contributed by atoms with van der Waals surface area (Å²) in [5.74, 6) is -0.449. The smallest absolute Gasteiger partial charge is 0.220 e. The van der Waals surface area contributed by atoms with Gasteiger partial charge in [-0.05, 0) is 18.6 Å². The zero-order chi connectivity index (χ0) is 7.56. The molecule has 1 aromatic rings. The SMILES string of the molecule is C=Cc1c(C)ccnc1F. The van der Waals surface area contributed by atoms with Crippen molar-refractivity contribution in [1.82, 2.24) is 4.98 Å². The average molecular weight is 137 g/mol. The zero-order valence-electron chi connectivity index (χ0n) is 5.76. The Morgan fingerprint density at radius 1 is 1.70 bits per heavy atom. The number of pyridine rings is 1.